The topological polar surface area (TPSA) is 50.4 Å². The van der Waals surface area contributed by atoms with Crippen molar-refractivity contribution in [3.63, 3.8) is 0 Å². The van der Waals surface area contributed by atoms with E-state index in [1.165, 1.54) is 12.8 Å². The number of ether oxygens (including phenoxy) is 1. The highest BCUT2D eigenvalue weighted by molar-refractivity contribution is 5.92. The fraction of sp³-hybridized carbons (Fsp3) is 0.533. The van der Waals surface area contributed by atoms with Crippen molar-refractivity contribution in [2.75, 3.05) is 18.5 Å². The van der Waals surface area contributed by atoms with Crippen LogP contribution < -0.4 is 15.4 Å². The fourth-order valence-electron chi connectivity index (χ4n) is 2.37. The van der Waals surface area contributed by atoms with E-state index in [0.717, 1.165) is 24.4 Å². The van der Waals surface area contributed by atoms with Gasteiger partial charge in [-0.05, 0) is 38.4 Å². The molecule has 1 unspecified atom stereocenters. The van der Waals surface area contributed by atoms with Gasteiger partial charge in [-0.25, -0.2) is 0 Å². The van der Waals surface area contributed by atoms with E-state index in [-0.39, 0.29) is 5.91 Å². The van der Waals surface area contributed by atoms with E-state index in [4.69, 9.17) is 4.74 Å². The zero-order valence-corrected chi connectivity index (χ0v) is 11.4. The molecule has 104 valence electrons. The van der Waals surface area contributed by atoms with Crippen LogP contribution in [0.2, 0.25) is 0 Å². The van der Waals surface area contributed by atoms with E-state index >= 15 is 0 Å². The van der Waals surface area contributed by atoms with Gasteiger partial charge in [-0.3, -0.25) is 4.79 Å². The van der Waals surface area contributed by atoms with Crippen LogP contribution in [-0.4, -0.2) is 25.1 Å². The number of benzene rings is 1. The molecule has 1 saturated heterocycles. The minimum atomic E-state index is 0.0477. The van der Waals surface area contributed by atoms with E-state index in [1.807, 2.05) is 31.2 Å². The van der Waals surface area contributed by atoms with E-state index in [2.05, 4.69) is 10.6 Å². The second-order valence-corrected chi connectivity index (χ2v) is 4.83. The molecule has 1 atom stereocenters. The average Bonchev–Trinajstić information content (AvgIpc) is 2.42. The number of carbonyl (C=O) groups is 1. The highest BCUT2D eigenvalue weighted by Crippen LogP contribution is 2.24. The lowest BCUT2D eigenvalue weighted by Crippen LogP contribution is -2.36. The molecule has 19 heavy (non-hydrogen) atoms. The van der Waals surface area contributed by atoms with E-state index in [9.17, 15) is 4.79 Å². The van der Waals surface area contributed by atoms with Crippen molar-refractivity contribution in [1.82, 2.24) is 5.32 Å². The van der Waals surface area contributed by atoms with Crippen LogP contribution in [0.15, 0.2) is 24.3 Å². The summed E-state index contributed by atoms with van der Waals surface area (Å²) in [6.07, 6.45) is 4.03. The van der Waals surface area contributed by atoms with Gasteiger partial charge in [0, 0.05) is 12.5 Å². The summed E-state index contributed by atoms with van der Waals surface area (Å²) in [5, 5.41) is 6.32. The summed E-state index contributed by atoms with van der Waals surface area (Å²) in [5.41, 5.74) is 0.755. The van der Waals surface area contributed by atoms with Crippen LogP contribution in [-0.2, 0) is 4.79 Å². The average molecular weight is 262 g/mol. The Bertz CT molecular complexity index is 414. The molecule has 0 saturated carbocycles. The van der Waals surface area contributed by atoms with Gasteiger partial charge >= 0.3 is 0 Å². The predicted molar refractivity (Wildman–Crippen MR) is 76.5 cm³/mol. The molecule has 0 radical (unpaired) electrons. The van der Waals surface area contributed by atoms with Gasteiger partial charge in [0.15, 0.2) is 0 Å². The molecule has 1 aliphatic rings. The van der Waals surface area contributed by atoms with Gasteiger partial charge in [-0.15, -0.1) is 0 Å². The molecule has 1 aliphatic heterocycles. The molecule has 4 heteroatoms. The van der Waals surface area contributed by atoms with Crippen molar-refractivity contribution in [3.8, 4) is 5.75 Å². The molecule has 4 nitrogen and oxygen atoms in total. The summed E-state index contributed by atoms with van der Waals surface area (Å²) >= 11 is 0. The van der Waals surface area contributed by atoms with E-state index < -0.39 is 0 Å². The lowest BCUT2D eigenvalue weighted by atomic mass is 10.0. The molecule has 1 aromatic rings. The number of amides is 1. The number of hydrogen-bond donors (Lipinski definition) is 2. The molecule has 2 rings (SSSR count). The number of piperidine rings is 1. The number of nitrogens with one attached hydrogen (secondary N) is 2. The van der Waals surface area contributed by atoms with Crippen molar-refractivity contribution < 1.29 is 9.53 Å². The van der Waals surface area contributed by atoms with E-state index in [1.54, 1.807) is 0 Å². The Hall–Kier alpha value is -1.55. The molecule has 1 amide bonds. The molecular formula is C15H22N2O2. The molecule has 1 heterocycles. The zero-order chi connectivity index (χ0) is 13.5. The van der Waals surface area contributed by atoms with E-state index in [0.29, 0.717) is 19.1 Å². The van der Waals surface area contributed by atoms with Gasteiger partial charge in [-0.1, -0.05) is 18.6 Å². The maximum Gasteiger partial charge on any atom is 0.226 e. The second kappa shape index (κ2) is 7.14. The van der Waals surface area contributed by atoms with Crippen molar-refractivity contribution >= 4 is 11.6 Å². The van der Waals surface area contributed by atoms with Gasteiger partial charge in [0.25, 0.3) is 0 Å². The van der Waals surface area contributed by atoms with Gasteiger partial charge in [-0.2, -0.15) is 0 Å². The number of anilines is 1. The van der Waals surface area contributed by atoms with Crippen LogP contribution in [0.1, 0.15) is 32.6 Å². The molecule has 2 N–H and O–H groups in total. The normalized spacial score (nSPS) is 18.9. The molecule has 1 fully saturated rings. The van der Waals surface area contributed by atoms with Crippen LogP contribution in [0.5, 0.6) is 5.75 Å². The standard InChI is InChI=1S/C15H22N2O2/c1-2-19-14-9-4-3-8-13(14)17-15(18)11-12-7-5-6-10-16-12/h3-4,8-9,12,16H,2,5-7,10-11H2,1H3,(H,17,18). The number of carbonyl (C=O) groups excluding carboxylic acids is 1. The summed E-state index contributed by atoms with van der Waals surface area (Å²) in [6, 6.07) is 7.86. The van der Waals surface area contributed by atoms with Crippen LogP contribution in [0, 0.1) is 0 Å². The first kappa shape index (κ1) is 13.9. The third-order valence-corrected chi connectivity index (χ3v) is 3.31. The quantitative estimate of drug-likeness (QED) is 0.857. The SMILES string of the molecule is CCOc1ccccc1NC(=O)CC1CCCCN1. The summed E-state index contributed by atoms with van der Waals surface area (Å²) in [4.78, 5) is 12.0. The summed E-state index contributed by atoms with van der Waals surface area (Å²) in [5.74, 6) is 0.779. The minimum absolute atomic E-state index is 0.0477. The molecule has 0 spiro atoms. The Morgan fingerprint density at radius 3 is 3.00 bits per heavy atom. The molecule has 0 aromatic heterocycles. The second-order valence-electron chi connectivity index (χ2n) is 4.83. The minimum Gasteiger partial charge on any atom is -0.492 e. The molecule has 0 bridgehead atoms. The molecule has 0 aliphatic carbocycles. The highest BCUT2D eigenvalue weighted by Gasteiger charge is 2.17. The maximum absolute atomic E-state index is 12.0. The Labute approximate surface area is 114 Å². The van der Waals surface area contributed by atoms with Gasteiger partial charge in [0.05, 0.1) is 12.3 Å². The number of hydrogen-bond acceptors (Lipinski definition) is 3. The maximum atomic E-state index is 12.0. The van der Waals surface area contributed by atoms with Gasteiger partial charge in [0.2, 0.25) is 5.91 Å². The van der Waals surface area contributed by atoms with Gasteiger partial charge < -0.3 is 15.4 Å². The third-order valence-electron chi connectivity index (χ3n) is 3.31. The Balaban J connectivity index is 1.90. The van der Waals surface area contributed by atoms with Crippen molar-refractivity contribution in [2.24, 2.45) is 0 Å². The number of rotatable bonds is 5. The Kier molecular flexibility index (Phi) is 5.21. The molecule has 1 aromatic carbocycles. The van der Waals surface area contributed by atoms with Gasteiger partial charge in [0.1, 0.15) is 5.75 Å². The first-order valence-electron chi connectivity index (χ1n) is 7.04. The summed E-state index contributed by atoms with van der Waals surface area (Å²) in [7, 11) is 0. The predicted octanol–water partition coefficient (Wildman–Crippen LogP) is 2.56. The first-order valence-corrected chi connectivity index (χ1v) is 7.04. The van der Waals surface area contributed by atoms with Crippen LogP contribution in [0.4, 0.5) is 5.69 Å². The molecular weight excluding hydrogens is 240 g/mol. The summed E-state index contributed by atoms with van der Waals surface area (Å²) in [6.45, 7) is 3.55. The lowest BCUT2D eigenvalue weighted by Gasteiger charge is -2.23. The zero-order valence-electron chi connectivity index (χ0n) is 11.4. The van der Waals surface area contributed by atoms with Crippen molar-refractivity contribution in [2.45, 2.75) is 38.6 Å². The van der Waals surface area contributed by atoms with Crippen LogP contribution in [0.25, 0.3) is 0 Å². The lowest BCUT2D eigenvalue weighted by molar-refractivity contribution is -0.116. The monoisotopic (exact) mass is 262 g/mol. The van der Waals surface area contributed by atoms with Crippen molar-refractivity contribution in [1.29, 1.82) is 0 Å². The summed E-state index contributed by atoms with van der Waals surface area (Å²) < 4.78 is 5.50. The highest BCUT2D eigenvalue weighted by atomic mass is 16.5. The third kappa shape index (κ3) is 4.24. The van der Waals surface area contributed by atoms with Crippen molar-refractivity contribution in [3.05, 3.63) is 24.3 Å². The largest absolute Gasteiger partial charge is 0.492 e. The van der Waals surface area contributed by atoms with Crippen LogP contribution in [0.3, 0.4) is 0 Å². The number of para-hydroxylation sites is 2. The smallest absolute Gasteiger partial charge is 0.226 e. The van der Waals surface area contributed by atoms with Crippen LogP contribution >= 0.6 is 0 Å². The fourth-order valence-corrected chi connectivity index (χ4v) is 2.37. The Morgan fingerprint density at radius 1 is 1.42 bits per heavy atom. The first-order chi connectivity index (χ1) is 9.29. The Morgan fingerprint density at radius 2 is 2.26 bits per heavy atom.